The number of aliphatic hydroxyl groups is 1. The van der Waals surface area contributed by atoms with Crippen molar-refractivity contribution in [2.75, 3.05) is 13.2 Å². The summed E-state index contributed by atoms with van der Waals surface area (Å²) in [5, 5.41) is 19.3. The Morgan fingerprint density at radius 3 is 2.92 bits per heavy atom. The molecular weight excluding hydrogens is 368 g/mol. The Kier molecular flexibility index (Phi) is 7.28. The maximum absolute atomic E-state index is 10.0. The molecule has 0 radical (unpaired) electrons. The van der Waals surface area contributed by atoms with Gasteiger partial charge >= 0.3 is 0 Å². The Morgan fingerprint density at radius 2 is 2.21 bits per heavy atom. The number of aliphatic hydroxyl groups excluding tert-OH is 1. The van der Waals surface area contributed by atoms with Gasteiger partial charge in [-0.2, -0.15) is 0 Å². The van der Waals surface area contributed by atoms with E-state index in [1.165, 1.54) is 5.57 Å². The Balaban J connectivity index is 2.09. The highest BCUT2D eigenvalue weighted by molar-refractivity contribution is 9.10. The fourth-order valence-corrected chi connectivity index (χ4v) is 3.32. The van der Waals surface area contributed by atoms with Crippen molar-refractivity contribution in [3.05, 3.63) is 57.6 Å². The lowest BCUT2D eigenvalue weighted by Gasteiger charge is -2.17. The topological polar surface area (TPSA) is 49.7 Å². The second-order valence-corrected chi connectivity index (χ2v) is 6.95. The Morgan fingerprint density at radius 1 is 1.42 bits per heavy atom. The molecule has 0 aromatic heterocycles. The smallest absolute Gasteiger partial charge is 0.122 e. The Bertz CT molecular complexity index is 646. The number of ether oxygens (including phenoxy) is 1. The molecule has 0 saturated carbocycles. The average molecular weight is 393 g/mol. The van der Waals surface area contributed by atoms with Crippen LogP contribution >= 0.6 is 15.9 Å². The van der Waals surface area contributed by atoms with Gasteiger partial charge in [0.2, 0.25) is 0 Å². The van der Waals surface area contributed by atoms with E-state index in [1.54, 1.807) is 6.07 Å². The number of hydrogen-bond acceptors (Lipinski definition) is 3. The van der Waals surface area contributed by atoms with Crippen LogP contribution < -0.4 is 0 Å². The average Bonchev–Trinajstić information content (AvgIpc) is 3.04. The molecule has 1 aliphatic rings. The zero-order valence-corrected chi connectivity index (χ0v) is 15.7. The lowest BCUT2D eigenvalue weighted by Crippen LogP contribution is -2.13. The lowest BCUT2D eigenvalue weighted by atomic mass is 9.95. The molecule has 1 aliphatic heterocycles. The van der Waals surface area contributed by atoms with Crippen LogP contribution in [-0.2, 0) is 4.74 Å². The molecule has 2 rings (SSSR count). The van der Waals surface area contributed by atoms with Crippen molar-refractivity contribution in [1.29, 1.82) is 0 Å². The molecule has 0 amide bonds. The minimum Gasteiger partial charge on any atom is -0.507 e. The van der Waals surface area contributed by atoms with E-state index in [0.29, 0.717) is 6.61 Å². The van der Waals surface area contributed by atoms with E-state index in [9.17, 15) is 10.2 Å². The number of aromatic hydroxyl groups is 1. The summed E-state index contributed by atoms with van der Waals surface area (Å²) in [4.78, 5) is 0. The van der Waals surface area contributed by atoms with Crippen LogP contribution in [-0.4, -0.2) is 29.5 Å². The molecule has 0 saturated heterocycles. The van der Waals surface area contributed by atoms with Crippen LogP contribution in [0.25, 0.3) is 6.08 Å². The second kappa shape index (κ2) is 9.21. The summed E-state index contributed by atoms with van der Waals surface area (Å²) in [5.74, 6) is 0.290. The highest BCUT2D eigenvalue weighted by atomic mass is 79.9. The predicted octanol–water partition coefficient (Wildman–Crippen LogP) is 4.99. The van der Waals surface area contributed by atoms with Crippen molar-refractivity contribution in [3.63, 3.8) is 0 Å². The van der Waals surface area contributed by atoms with Gasteiger partial charge in [0.1, 0.15) is 5.75 Å². The van der Waals surface area contributed by atoms with Crippen molar-refractivity contribution in [2.24, 2.45) is 0 Å². The van der Waals surface area contributed by atoms with E-state index in [0.717, 1.165) is 46.9 Å². The molecule has 1 aromatic carbocycles. The van der Waals surface area contributed by atoms with Crippen molar-refractivity contribution in [3.8, 4) is 5.75 Å². The van der Waals surface area contributed by atoms with E-state index in [2.05, 4.69) is 35.5 Å². The van der Waals surface area contributed by atoms with Crippen LogP contribution in [0.3, 0.4) is 0 Å². The van der Waals surface area contributed by atoms with Gasteiger partial charge in [0.25, 0.3) is 0 Å². The van der Waals surface area contributed by atoms with Gasteiger partial charge in [-0.3, -0.25) is 0 Å². The number of allylic oxidation sites excluding steroid dienone is 1. The van der Waals surface area contributed by atoms with Gasteiger partial charge in [-0.1, -0.05) is 53.6 Å². The zero-order valence-electron chi connectivity index (χ0n) is 14.1. The third kappa shape index (κ3) is 5.07. The normalized spacial score (nSPS) is 17.9. The Hall–Kier alpha value is -1.36. The first-order valence-corrected chi connectivity index (χ1v) is 9.13. The number of halogens is 1. The first-order valence-electron chi connectivity index (χ1n) is 8.33. The largest absolute Gasteiger partial charge is 0.507 e. The number of rotatable bonds is 8. The van der Waals surface area contributed by atoms with Crippen LogP contribution in [0.5, 0.6) is 5.75 Å². The van der Waals surface area contributed by atoms with Gasteiger partial charge in [0.05, 0.1) is 19.3 Å². The molecule has 0 spiro atoms. The molecule has 1 heterocycles. The van der Waals surface area contributed by atoms with Crippen molar-refractivity contribution in [1.82, 2.24) is 0 Å². The van der Waals surface area contributed by atoms with Gasteiger partial charge in [0, 0.05) is 10.0 Å². The highest BCUT2D eigenvalue weighted by Gasteiger charge is 2.21. The molecule has 1 atom stereocenters. The van der Waals surface area contributed by atoms with E-state index in [1.807, 2.05) is 18.2 Å². The van der Waals surface area contributed by atoms with Crippen LogP contribution in [0.4, 0.5) is 0 Å². The summed E-state index contributed by atoms with van der Waals surface area (Å²) in [5.41, 5.74) is 3.88. The molecular formula is C20H25BrO3. The highest BCUT2D eigenvalue weighted by Crippen LogP contribution is 2.30. The minimum atomic E-state index is -0.0325. The summed E-state index contributed by atoms with van der Waals surface area (Å²) in [6.07, 6.45) is 7.86. The summed E-state index contributed by atoms with van der Waals surface area (Å²) >= 11 is 3.45. The quantitative estimate of drug-likeness (QED) is 0.654. The van der Waals surface area contributed by atoms with Crippen LogP contribution in [0, 0.1) is 0 Å². The zero-order chi connectivity index (χ0) is 17.5. The summed E-state index contributed by atoms with van der Waals surface area (Å²) < 4.78 is 6.71. The summed E-state index contributed by atoms with van der Waals surface area (Å²) in [6.45, 7) is 6.61. The monoisotopic (exact) mass is 392 g/mol. The Labute approximate surface area is 152 Å². The molecule has 3 nitrogen and oxygen atoms in total. The molecule has 0 aliphatic carbocycles. The van der Waals surface area contributed by atoms with Crippen molar-refractivity contribution >= 4 is 22.0 Å². The summed E-state index contributed by atoms with van der Waals surface area (Å²) in [6, 6.07) is 5.46. The lowest BCUT2D eigenvalue weighted by molar-refractivity contribution is 0.115. The fourth-order valence-electron chi connectivity index (χ4n) is 2.95. The second-order valence-electron chi connectivity index (χ2n) is 6.04. The van der Waals surface area contributed by atoms with E-state index < -0.39 is 0 Å². The number of hydrogen-bond donors (Lipinski definition) is 2. The SMILES string of the molecule is C=C(CO)C1=CCOC1CC/C(=C/c1cc(Br)ccc1O)CCC. The maximum atomic E-state index is 10.0. The molecule has 0 bridgehead atoms. The van der Waals surface area contributed by atoms with Crippen LogP contribution in [0.15, 0.2) is 52.0 Å². The first-order chi connectivity index (χ1) is 11.5. The minimum absolute atomic E-state index is 0.000938. The predicted molar refractivity (Wildman–Crippen MR) is 102 cm³/mol. The maximum Gasteiger partial charge on any atom is 0.122 e. The van der Waals surface area contributed by atoms with Gasteiger partial charge in [-0.15, -0.1) is 0 Å². The molecule has 1 aromatic rings. The molecule has 1 unspecified atom stereocenters. The number of phenols is 1. The van der Waals surface area contributed by atoms with Gasteiger partial charge in [-0.25, -0.2) is 0 Å². The number of benzene rings is 1. The molecule has 24 heavy (non-hydrogen) atoms. The fraction of sp³-hybridized carbons (Fsp3) is 0.400. The van der Waals surface area contributed by atoms with Crippen molar-refractivity contribution in [2.45, 2.75) is 38.7 Å². The van der Waals surface area contributed by atoms with E-state index in [4.69, 9.17) is 4.74 Å². The standard InChI is InChI=1S/C20H25BrO3/c1-3-4-15(11-16-12-17(21)6-7-19(16)23)5-8-20-18(9-10-24-20)14(2)13-22/h6-7,9,11-12,20,22-23H,2-5,8,10,13H2,1H3/b15-11+. The third-order valence-electron chi connectivity index (χ3n) is 4.19. The molecule has 2 N–H and O–H groups in total. The molecule has 4 heteroatoms. The molecule has 130 valence electrons. The molecule has 0 fully saturated rings. The summed E-state index contributed by atoms with van der Waals surface area (Å²) in [7, 11) is 0. The van der Waals surface area contributed by atoms with Gasteiger partial charge in [0.15, 0.2) is 0 Å². The van der Waals surface area contributed by atoms with Crippen LogP contribution in [0.1, 0.15) is 38.2 Å². The number of phenolic OH excluding ortho intramolecular Hbond substituents is 1. The van der Waals surface area contributed by atoms with Gasteiger partial charge < -0.3 is 14.9 Å². The van der Waals surface area contributed by atoms with E-state index in [-0.39, 0.29) is 18.5 Å². The first kappa shape index (κ1) is 19.0. The third-order valence-corrected chi connectivity index (χ3v) is 4.69. The van der Waals surface area contributed by atoms with Crippen molar-refractivity contribution < 1.29 is 14.9 Å². The van der Waals surface area contributed by atoms with Gasteiger partial charge in [-0.05, 0) is 48.6 Å². The van der Waals surface area contributed by atoms with Crippen LogP contribution in [0.2, 0.25) is 0 Å². The van der Waals surface area contributed by atoms with E-state index >= 15 is 0 Å².